The van der Waals surface area contributed by atoms with Crippen molar-refractivity contribution in [3.05, 3.63) is 168 Å². The monoisotopic (exact) mass is 858 g/mol. The number of ether oxygens (including phenoxy) is 8. The van der Waals surface area contributed by atoms with Crippen LogP contribution in [0.3, 0.4) is 0 Å². The molecule has 0 amide bonds. The standard InChI is InChI=1S/C49H46O14/c1-4-44(50)58-30-8-6-28-56-38-18-10-34(11-19-38)46(52)60-40-22-14-36(15-23-40)48(54)62-42-26-27-43(33(3)32-42)63-49(55)37-16-24-41(25-17-37)61-47(53)35-12-20-39(21-13-35)57-29-7-9-31-59-45(51)5-2/h4-5,10-27,33H,1-2,6-9,28-32H2,3H3. The lowest BCUT2D eigenvalue weighted by molar-refractivity contribution is -0.138. The Morgan fingerprint density at radius 1 is 0.476 bits per heavy atom. The van der Waals surface area contributed by atoms with Gasteiger partial charge in [0.1, 0.15) is 34.5 Å². The van der Waals surface area contributed by atoms with Crippen LogP contribution in [0.2, 0.25) is 0 Å². The van der Waals surface area contributed by atoms with Crippen molar-refractivity contribution in [3.8, 4) is 23.0 Å². The highest BCUT2D eigenvalue weighted by atomic mass is 16.6. The average Bonchev–Trinajstić information content (AvgIpc) is 3.30. The van der Waals surface area contributed by atoms with E-state index < -0.39 is 35.8 Å². The molecule has 1 aliphatic carbocycles. The van der Waals surface area contributed by atoms with Gasteiger partial charge in [-0.05, 0) is 135 Å². The van der Waals surface area contributed by atoms with Gasteiger partial charge in [0.15, 0.2) is 0 Å². The lowest BCUT2D eigenvalue weighted by atomic mass is 9.99. The molecule has 1 unspecified atom stereocenters. The van der Waals surface area contributed by atoms with Gasteiger partial charge in [0.2, 0.25) is 0 Å². The minimum absolute atomic E-state index is 0.230. The summed E-state index contributed by atoms with van der Waals surface area (Å²) in [6.07, 6.45) is 8.26. The van der Waals surface area contributed by atoms with Crippen LogP contribution >= 0.6 is 0 Å². The van der Waals surface area contributed by atoms with Crippen LogP contribution in [-0.2, 0) is 28.5 Å². The minimum atomic E-state index is -0.617. The number of esters is 6. The van der Waals surface area contributed by atoms with Gasteiger partial charge in [-0.1, -0.05) is 20.1 Å². The van der Waals surface area contributed by atoms with Crippen LogP contribution in [0.15, 0.2) is 146 Å². The molecule has 0 N–H and O–H groups in total. The minimum Gasteiger partial charge on any atom is -0.494 e. The Morgan fingerprint density at radius 2 is 0.825 bits per heavy atom. The molecule has 0 heterocycles. The molecular weight excluding hydrogens is 813 g/mol. The Kier molecular flexibility index (Phi) is 17.6. The van der Waals surface area contributed by atoms with E-state index in [-0.39, 0.29) is 48.2 Å². The van der Waals surface area contributed by atoms with Crippen molar-refractivity contribution in [2.45, 2.75) is 39.0 Å². The summed E-state index contributed by atoms with van der Waals surface area (Å²) in [5, 5.41) is 0. The largest absolute Gasteiger partial charge is 0.494 e. The van der Waals surface area contributed by atoms with Crippen LogP contribution in [0.1, 0.15) is 80.5 Å². The molecule has 4 aromatic carbocycles. The summed E-state index contributed by atoms with van der Waals surface area (Å²) in [4.78, 5) is 73.4. The van der Waals surface area contributed by atoms with E-state index in [1.165, 1.54) is 48.5 Å². The molecule has 0 aromatic heterocycles. The molecule has 0 spiro atoms. The quantitative estimate of drug-likeness (QED) is 0.0241. The van der Waals surface area contributed by atoms with Crippen molar-refractivity contribution in [2.75, 3.05) is 26.4 Å². The van der Waals surface area contributed by atoms with Crippen LogP contribution in [0.25, 0.3) is 0 Å². The second-order valence-electron chi connectivity index (χ2n) is 13.8. The number of hydrogen-bond donors (Lipinski definition) is 0. The van der Waals surface area contributed by atoms with Crippen molar-refractivity contribution in [1.29, 1.82) is 0 Å². The van der Waals surface area contributed by atoms with E-state index in [0.717, 1.165) is 12.2 Å². The molecule has 0 saturated carbocycles. The maximum Gasteiger partial charge on any atom is 0.343 e. The van der Waals surface area contributed by atoms with Gasteiger partial charge < -0.3 is 37.9 Å². The Labute approximate surface area is 364 Å². The van der Waals surface area contributed by atoms with Gasteiger partial charge in [0, 0.05) is 24.5 Å². The third-order valence-electron chi connectivity index (χ3n) is 9.08. The van der Waals surface area contributed by atoms with Crippen molar-refractivity contribution < 1.29 is 66.7 Å². The molecule has 63 heavy (non-hydrogen) atoms. The average molecular weight is 859 g/mol. The molecule has 326 valence electrons. The van der Waals surface area contributed by atoms with E-state index >= 15 is 0 Å². The predicted octanol–water partition coefficient (Wildman–Crippen LogP) is 8.72. The third-order valence-corrected chi connectivity index (χ3v) is 9.08. The van der Waals surface area contributed by atoms with Gasteiger partial charge >= 0.3 is 35.8 Å². The van der Waals surface area contributed by atoms with Crippen LogP contribution in [0.5, 0.6) is 23.0 Å². The van der Waals surface area contributed by atoms with E-state index in [4.69, 9.17) is 37.9 Å². The number of hydrogen-bond acceptors (Lipinski definition) is 14. The van der Waals surface area contributed by atoms with Gasteiger partial charge in [-0.25, -0.2) is 28.8 Å². The highest BCUT2D eigenvalue weighted by molar-refractivity contribution is 5.93. The predicted molar refractivity (Wildman–Crippen MR) is 228 cm³/mol. The Bertz CT molecular complexity index is 2310. The van der Waals surface area contributed by atoms with Crippen LogP contribution in [0, 0.1) is 5.92 Å². The van der Waals surface area contributed by atoms with E-state index in [9.17, 15) is 28.8 Å². The molecule has 14 heteroatoms. The van der Waals surface area contributed by atoms with Gasteiger partial charge in [-0.15, -0.1) is 0 Å². The lowest BCUT2D eigenvalue weighted by Crippen LogP contribution is -2.16. The lowest BCUT2D eigenvalue weighted by Gasteiger charge is -2.21. The van der Waals surface area contributed by atoms with Crippen molar-refractivity contribution in [3.63, 3.8) is 0 Å². The highest BCUT2D eigenvalue weighted by Crippen LogP contribution is 2.29. The van der Waals surface area contributed by atoms with Crippen molar-refractivity contribution in [1.82, 2.24) is 0 Å². The van der Waals surface area contributed by atoms with Crippen molar-refractivity contribution in [2.24, 2.45) is 5.92 Å². The molecule has 0 fully saturated rings. The number of benzene rings is 4. The van der Waals surface area contributed by atoms with Gasteiger partial charge in [-0.2, -0.15) is 0 Å². The molecule has 1 atom stereocenters. The summed E-state index contributed by atoms with van der Waals surface area (Å²) in [5.74, 6) is -1.29. The fraction of sp³-hybridized carbons (Fsp3) is 0.224. The van der Waals surface area contributed by atoms with E-state index in [0.29, 0.717) is 73.0 Å². The fourth-order valence-corrected chi connectivity index (χ4v) is 5.64. The molecule has 0 saturated heterocycles. The summed E-state index contributed by atoms with van der Waals surface area (Å²) in [5.41, 5.74) is 1.07. The molecule has 4 aromatic rings. The van der Waals surface area contributed by atoms with Gasteiger partial charge in [0.25, 0.3) is 0 Å². The summed E-state index contributed by atoms with van der Waals surface area (Å²) < 4.78 is 43.3. The maximum absolute atomic E-state index is 13.0. The Morgan fingerprint density at radius 3 is 1.21 bits per heavy atom. The normalized spacial score (nSPS) is 12.9. The van der Waals surface area contributed by atoms with Crippen molar-refractivity contribution >= 4 is 35.8 Å². The maximum atomic E-state index is 13.0. The zero-order chi connectivity index (χ0) is 45.0. The highest BCUT2D eigenvalue weighted by Gasteiger charge is 2.23. The topological polar surface area (TPSA) is 176 Å². The first-order valence-corrected chi connectivity index (χ1v) is 20.0. The van der Waals surface area contributed by atoms with E-state index in [1.54, 1.807) is 60.7 Å². The number of carbonyl (C=O) groups is 6. The van der Waals surface area contributed by atoms with Crippen LogP contribution in [0.4, 0.5) is 0 Å². The second-order valence-corrected chi connectivity index (χ2v) is 13.8. The SMILES string of the molecule is C=CC(=O)OCCCCOc1ccc(C(=O)Oc2ccc(C(=O)OC3=CC=C(OC(=O)c4ccc(OC(=O)c5ccc(OCCCCOC(=O)C=C)cc5)cc4)C(C)C3)cc2)cc1. The smallest absolute Gasteiger partial charge is 0.343 e. The van der Waals surface area contributed by atoms with E-state index in [1.807, 2.05) is 6.92 Å². The molecular formula is C49H46O14. The molecule has 1 aliphatic rings. The molecule has 0 bridgehead atoms. The molecule has 0 radical (unpaired) electrons. The first-order valence-electron chi connectivity index (χ1n) is 20.0. The van der Waals surface area contributed by atoms with Crippen LogP contribution < -0.4 is 18.9 Å². The Hall–Kier alpha value is -7.74. The summed E-state index contributed by atoms with van der Waals surface area (Å²) in [6, 6.07) is 24.8. The zero-order valence-corrected chi connectivity index (χ0v) is 34.6. The first kappa shape index (κ1) is 46.3. The number of carbonyl (C=O) groups excluding carboxylic acids is 6. The van der Waals surface area contributed by atoms with E-state index in [2.05, 4.69) is 13.2 Å². The van der Waals surface area contributed by atoms with Gasteiger partial charge in [0.05, 0.1) is 48.7 Å². The first-order chi connectivity index (χ1) is 30.5. The second kappa shape index (κ2) is 23.9. The molecule has 0 aliphatic heterocycles. The number of unbranched alkanes of at least 4 members (excludes halogenated alkanes) is 2. The summed E-state index contributed by atoms with van der Waals surface area (Å²) >= 11 is 0. The van der Waals surface area contributed by atoms with Gasteiger partial charge in [-0.3, -0.25) is 0 Å². The molecule has 14 nitrogen and oxygen atoms in total. The molecule has 5 rings (SSSR count). The Balaban J connectivity index is 1.02. The number of allylic oxidation sites excluding steroid dienone is 4. The van der Waals surface area contributed by atoms with Crippen LogP contribution in [-0.4, -0.2) is 62.2 Å². The summed E-state index contributed by atoms with van der Waals surface area (Å²) in [7, 11) is 0. The fourth-order valence-electron chi connectivity index (χ4n) is 5.64. The summed E-state index contributed by atoms with van der Waals surface area (Å²) in [6.45, 7) is 9.90. The zero-order valence-electron chi connectivity index (χ0n) is 34.6. The third kappa shape index (κ3) is 15.0. The number of rotatable bonds is 22.